The van der Waals surface area contributed by atoms with E-state index in [-0.39, 0.29) is 35.4 Å². The number of aromatic hydroxyl groups is 1. The van der Waals surface area contributed by atoms with E-state index in [1.807, 2.05) is 36.4 Å². The quantitative estimate of drug-likeness (QED) is 0.249. The number of phenolic OH excluding ortho intramolecular Hbond substituents is 1. The zero-order valence-electron chi connectivity index (χ0n) is 27.4. The minimum Gasteiger partial charge on any atom is -0.508 e. The van der Waals surface area contributed by atoms with Crippen LogP contribution in [0.1, 0.15) is 64.2 Å². The Balaban J connectivity index is 0.910. The van der Waals surface area contributed by atoms with E-state index in [9.17, 15) is 9.90 Å². The van der Waals surface area contributed by atoms with Crippen LogP contribution in [0, 0.1) is 11.7 Å². The fraction of sp³-hybridized carbons (Fsp3) is 0.375. The average molecular weight is 647 g/mol. The Morgan fingerprint density at radius 3 is 2.42 bits per heavy atom. The highest BCUT2D eigenvalue weighted by Gasteiger charge is 2.39. The topological polar surface area (TPSA) is 68.3 Å². The van der Waals surface area contributed by atoms with Crippen LogP contribution in [0.2, 0.25) is 0 Å². The molecule has 48 heavy (non-hydrogen) atoms. The number of piperidine rings is 1. The van der Waals surface area contributed by atoms with Crippen LogP contribution < -0.4 is 19.9 Å². The molecule has 7 nitrogen and oxygen atoms in total. The van der Waals surface area contributed by atoms with Gasteiger partial charge in [-0.3, -0.25) is 9.69 Å². The molecule has 8 rings (SSSR count). The summed E-state index contributed by atoms with van der Waals surface area (Å²) in [6.07, 6.45) is 1.95. The van der Waals surface area contributed by atoms with E-state index in [2.05, 4.69) is 57.3 Å². The maximum atomic E-state index is 16.0. The summed E-state index contributed by atoms with van der Waals surface area (Å²) in [4.78, 5) is 19.2. The van der Waals surface area contributed by atoms with Crippen molar-refractivity contribution in [2.24, 2.45) is 5.92 Å². The molecule has 4 heterocycles. The maximum absolute atomic E-state index is 16.0. The van der Waals surface area contributed by atoms with Gasteiger partial charge >= 0.3 is 0 Å². The zero-order valence-corrected chi connectivity index (χ0v) is 27.4. The Morgan fingerprint density at radius 1 is 0.854 bits per heavy atom. The SMILES string of the molecule is C[C@@H]1Oc2cc(O)ccc2[C@@H](c2ccc(N3CCC(CN4CCN(c5ccc6c(c5)CNC6=O)CC4)CC3)c(F)c2)[C@H]1c1ccccc1. The van der Waals surface area contributed by atoms with Gasteiger partial charge in [-0.1, -0.05) is 42.5 Å². The summed E-state index contributed by atoms with van der Waals surface area (Å²) in [6.45, 7) is 9.51. The lowest BCUT2D eigenvalue weighted by atomic mass is 9.73. The largest absolute Gasteiger partial charge is 0.508 e. The van der Waals surface area contributed by atoms with Crippen molar-refractivity contribution in [3.63, 3.8) is 0 Å². The van der Waals surface area contributed by atoms with E-state index in [4.69, 9.17) is 4.74 Å². The van der Waals surface area contributed by atoms with Gasteiger partial charge in [-0.15, -0.1) is 0 Å². The molecule has 0 spiro atoms. The lowest BCUT2D eigenvalue weighted by Gasteiger charge is -2.40. The number of nitrogens with one attached hydrogen (secondary N) is 1. The number of halogens is 1. The molecule has 0 aliphatic carbocycles. The summed E-state index contributed by atoms with van der Waals surface area (Å²) >= 11 is 0. The number of carbonyl (C=O) groups excluding carboxylic acids is 1. The van der Waals surface area contributed by atoms with Gasteiger partial charge in [0.25, 0.3) is 5.91 Å². The molecular formula is C40H43FN4O3. The molecule has 0 radical (unpaired) electrons. The number of nitrogens with zero attached hydrogens (tertiary/aromatic N) is 3. The lowest BCUT2D eigenvalue weighted by Crippen LogP contribution is -2.49. The highest BCUT2D eigenvalue weighted by atomic mass is 19.1. The third-order valence-electron chi connectivity index (χ3n) is 11.0. The molecule has 2 fully saturated rings. The number of benzene rings is 4. The summed E-state index contributed by atoms with van der Waals surface area (Å²) in [5.41, 5.74) is 6.83. The van der Waals surface area contributed by atoms with E-state index >= 15 is 4.39 Å². The van der Waals surface area contributed by atoms with Crippen LogP contribution in [0.4, 0.5) is 15.8 Å². The van der Waals surface area contributed by atoms with Crippen molar-refractivity contribution in [1.29, 1.82) is 0 Å². The molecule has 4 aromatic carbocycles. The van der Waals surface area contributed by atoms with Gasteiger partial charge in [0, 0.05) is 87.1 Å². The van der Waals surface area contributed by atoms with Crippen molar-refractivity contribution in [3.05, 3.63) is 119 Å². The van der Waals surface area contributed by atoms with Crippen molar-refractivity contribution in [2.45, 2.75) is 44.2 Å². The van der Waals surface area contributed by atoms with Crippen LogP contribution in [0.25, 0.3) is 0 Å². The minimum atomic E-state index is -0.181. The summed E-state index contributed by atoms with van der Waals surface area (Å²) < 4.78 is 22.4. The van der Waals surface area contributed by atoms with Crippen molar-refractivity contribution in [1.82, 2.24) is 10.2 Å². The number of fused-ring (bicyclic) bond motifs is 2. The second-order valence-corrected chi connectivity index (χ2v) is 13.9. The normalized spacial score (nSPS) is 23.0. The van der Waals surface area contributed by atoms with E-state index < -0.39 is 0 Å². The van der Waals surface area contributed by atoms with Crippen molar-refractivity contribution >= 4 is 17.3 Å². The zero-order chi connectivity index (χ0) is 32.8. The highest BCUT2D eigenvalue weighted by Crippen LogP contribution is 2.50. The Hall–Kier alpha value is -4.56. The summed E-state index contributed by atoms with van der Waals surface area (Å²) in [7, 11) is 0. The van der Waals surface area contributed by atoms with Gasteiger partial charge < -0.3 is 25.0 Å². The number of anilines is 2. The fourth-order valence-corrected chi connectivity index (χ4v) is 8.44. The lowest BCUT2D eigenvalue weighted by molar-refractivity contribution is 0.0965. The van der Waals surface area contributed by atoms with Crippen LogP contribution in [0.5, 0.6) is 11.5 Å². The second-order valence-electron chi connectivity index (χ2n) is 13.9. The second kappa shape index (κ2) is 12.8. The van der Waals surface area contributed by atoms with Crippen LogP contribution >= 0.6 is 0 Å². The van der Waals surface area contributed by atoms with Crippen molar-refractivity contribution in [2.75, 3.05) is 55.6 Å². The average Bonchev–Trinajstić information content (AvgIpc) is 3.48. The molecule has 1 amide bonds. The third kappa shape index (κ3) is 5.87. The molecule has 0 unspecified atom stereocenters. The first kappa shape index (κ1) is 30.8. The molecule has 2 N–H and O–H groups in total. The number of hydrogen-bond acceptors (Lipinski definition) is 6. The summed E-state index contributed by atoms with van der Waals surface area (Å²) in [5.74, 6) is 1.18. The van der Waals surface area contributed by atoms with Crippen LogP contribution in [-0.4, -0.2) is 67.8 Å². The molecule has 0 aromatic heterocycles. The third-order valence-corrected chi connectivity index (χ3v) is 11.0. The molecule has 0 saturated carbocycles. The first-order valence-electron chi connectivity index (χ1n) is 17.4. The number of piperazine rings is 1. The van der Waals surface area contributed by atoms with Crippen LogP contribution in [-0.2, 0) is 6.54 Å². The molecule has 4 aromatic rings. The van der Waals surface area contributed by atoms with E-state index in [0.717, 1.165) is 86.5 Å². The monoisotopic (exact) mass is 646 g/mol. The molecular weight excluding hydrogens is 603 g/mol. The maximum Gasteiger partial charge on any atom is 0.251 e. The minimum absolute atomic E-state index is 0.00230. The van der Waals surface area contributed by atoms with Crippen molar-refractivity contribution < 1.29 is 19.0 Å². The Labute approximate surface area is 281 Å². The van der Waals surface area contributed by atoms with E-state index in [0.29, 0.717) is 23.9 Å². The standard InChI is InChI=1S/C40H43FN4O3/c1-26-38(28-5-3-2-4-6-28)39(34-11-9-32(46)23-37(34)48-26)29-7-12-36(35(41)22-29)45-15-13-27(14-16-45)25-43-17-19-44(20-18-43)31-8-10-33-30(21-31)24-42-40(33)47/h2-12,21-23,26-27,38-39,46H,13-20,24-25H2,1H3,(H,42,47)/t26-,38+,39+/m0/s1. The van der Waals surface area contributed by atoms with Gasteiger partial charge in [-0.25, -0.2) is 4.39 Å². The fourth-order valence-electron chi connectivity index (χ4n) is 8.44. The summed E-state index contributed by atoms with van der Waals surface area (Å²) in [6, 6.07) is 27.6. The highest BCUT2D eigenvalue weighted by molar-refractivity contribution is 5.98. The van der Waals surface area contributed by atoms with Gasteiger partial charge in [0.05, 0.1) is 5.69 Å². The van der Waals surface area contributed by atoms with Gasteiger partial charge in [0.2, 0.25) is 0 Å². The molecule has 0 bridgehead atoms. The van der Waals surface area contributed by atoms with Gasteiger partial charge in [-0.2, -0.15) is 0 Å². The molecule has 8 heteroatoms. The molecule has 3 atom stereocenters. The Morgan fingerprint density at radius 2 is 1.65 bits per heavy atom. The van der Waals surface area contributed by atoms with Crippen LogP contribution in [0.3, 0.4) is 0 Å². The Bertz CT molecular complexity index is 1800. The van der Waals surface area contributed by atoms with Gasteiger partial charge in [0.1, 0.15) is 23.4 Å². The summed E-state index contributed by atoms with van der Waals surface area (Å²) in [5, 5.41) is 13.1. The molecule has 248 valence electrons. The molecule has 2 saturated heterocycles. The first-order chi connectivity index (χ1) is 23.4. The number of carbonyl (C=O) groups is 1. The number of phenols is 1. The van der Waals surface area contributed by atoms with E-state index in [1.54, 1.807) is 18.2 Å². The Kier molecular flexibility index (Phi) is 8.20. The van der Waals surface area contributed by atoms with Gasteiger partial charge in [-0.05, 0) is 78.8 Å². The first-order valence-corrected chi connectivity index (χ1v) is 17.4. The van der Waals surface area contributed by atoms with Gasteiger partial charge in [0.15, 0.2) is 0 Å². The van der Waals surface area contributed by atoms with Crippen LogP contribution in [0.15, 0.2) is 84.9 Å². The number of ether oxygens (including phenoxy) is 1. The molecule has 4 aliphatic rings. The molecule has 4 aliphatic heterocycles. The van der Waals surface area contributed by atoms with Crippen molar-refractivity contribution in [3.8, 4) is 11.5 Å². The van der Waals surface area contributed by atoms with E-state index in [1.165, 1.54) is 5.69 Å². The predicted octanol–water partition coefficient (Wildman–Crippen LogP) is 6.51. The number of rotatable bonds is 6. The predicted molar refractivity (Wildman–Crippen MR) is 187 cm³/mol. The smallest absolute Gasteiger partial charge is 0.251 e. The number of amides is 1. The number of hydrogen-bond donors (Lipinski definition) is 2.